The zero-order valence-corrected chi connectivity index (χ0v) is 17.2. The molecule has 5 unspecified atom stereocenters. The van der Waals surface area contributed by atoms with E-state index in [0.29, 0.717) is 5.17 Å². The van der Waals surface area contributed by atoms with E-state index in [4.69, 9.17) is 0 Å². The van der Waals surface area contributed by atoms with Crippen LogP contribution in [0.15, 0.2) is 23.2 Å². The molecule has 28 heavy (non-hydrogen) atoms. The number of carbonyl (C=O) groups excluding carboxylic acids is 1. The maximum absolute atomic E-state index is 12.9. The van der Waals surface area contributed by atoms with Gasteiger partial charge >= 0.3 is 0 Å². The zero-order valence-electron chi connectivity index (χ0n) is 16.4. The number of aliphatic imine (C=N–C) groups is 1. The fourth-order valence-electron chi connectivity index (χ4n) is 4.66. The molecule has 0 radical (unpaired) electrons. The fraction of sp³-hybridized carbons (Fsp3) is 0.619. The number of aliphatic hydroxyl groups is 2. The Labute approximate surface area is 170 Å². The summed E-state index contributed by atoms with van der Waals surface area (Å²) in [5.41, 5.74) is 3.27. The normalized spacial score (nSPS) is 32.7. The van der Waals surface area contributed by atoms with Crippen LogP contribution in [0.4, 0.5) is 5.69 Å². The summed E-state index contributed by atoms with van der Waals surface area (Å²) >= 11 is 1.51. The number of nitrogens with zero attached hydrogens (tertiary/aromatic N) is 1. The fourth-order valence-corrected chi connectivity index (χ4v) is 6.03. The van der Waals surface area contributed by atoms with Crippen LogP contribution in [0.25, 0.3) is 0 Å². The highest BCUT2D eigenvalue weighted by molar-refractivity contribution is 8.15. The molecule has 2 saturated carbocycles. The van der Waals surface area contributed by atoms with Crippen molar-refractivity contribution in [2.24, 2.45) is 10.9 Å². The molecule has 6 nitrogen and oxygen atoms in total. The Morgan fingerprint density at radius 2 is 1.82 bits per heavy atom. The minimum Gasteiger partial charge on any atom is -0.390 e. The summed E-state index contributed by atoms with van der Waals surface area (Å²) in [6, 6.07) is 5.98. The van der Waals surface area contributed by atoms with Gasteiger partial charge in [0.05, 0.1) is 18.1 Å². The first-order valence-electron chi connectivity index (χ1n) is 10.2. The molecular weight excluding hydrogens is 374 g/mol. The molecular formula is C21H29N3O3S. The van der Waals surface area contributed by atoms with Gasteiger partial charge in [-0.05, 0) is 56.4 Å². The molecule has 0 spiro atoms. The quantitative estimate of drug-likeness (QED) is 0.622. The first kappa shape index (κ1) is 19.7. The maximum Gasteiger partial charge on any atom is 0.224 e. The highest BCUT2D eigenvalue weighted by atomic mass is 32.2. The minimum absolute atomic E-state index is 0.0109. The molecule has 2 aliphatic carbocycles. The van der Waals surface area contributed by atoms with Gasteiger partial charge in [-0.1, -0.05) is 30.7 Å². The molecule has 1 heterocycles. The molecule has 152 valence electrons. The Bertz CT molecular complexity index is 758. The van der Waals surface area contributed by atoms with Crippen molar-refractivity contribution in [1.82, 2.24) is 5.32 Å². The molecule has 0 bridgehead atoms. The van der Waals surface area contributed by atoms with Gasteiger partial charge in [0.25, 0.3) is 0 Å². The van der Waals surface area contributed by atoms with Crippen LogP contribution in [0.5, 0.6) is 0 Å². The van der Waals surface area contributed by atoms with Gasteiger partial charge < -0.3 is 20.8 Å². The number of amidine groups is 1. The number of amides is 1. The van der Waals surface area contributed by atoms with Gasteiger partial charge in [-0.15, -0.1) is 0 Å². The minimum atomic E-state index is -0.938. The number of fused-ring (bicyclic) bond motifs is 1. The van der Waals surface area contributed by atoms with Crippen LogP contribution < -0.4 is 10.6 Å². The van der Waals surface area contributed by atoms with Crippen LogP contribution >= 0.6 is 11.8 Å². The Kier molecular flexibility index (Phi) is 5.67. The molecule has 2 fully saturated rings. The van der Waals surface area contributed by atoms with Gasteiger partial charge in [0.15, 0.2) is 5.17 Å². The van der Waals surface area contributed by atoms with Crippen molar-refractivity contribution in [2.45, 2.75) is 75.5 Å². The van der Waals surface area contributed by atoms with Gasteiger partial charge in [-0.2, -0.15) is 0 Å². The summed E-state index contributed by atoms with van der Waals surface area (Å²) in [6.07, 6.45) is 2.79. The number of rotatable bonds is 3. The Balaban J connectivity index is 1.49. The zero-order chi connectivity index (χ0) is 19.8. The van der Waals surface area contributed by atoms with Crippen molar-refractivity contribution in [3.8, 4) is 0 Å². The number of hydrogen-bond acceptors (Lipinski definition) is 6. The number of hydrogen-bond donors (Lipinski definition) is 4. The lowest BCUT2D eigenvalue weighted by Crippen LogP contribution is -2.54. The predicted octanol–water partition coefficient (Wildman–Crippen LogP) is 2.36. The molecule has 0 aromatic heterocycles. The average molecular weight is 404 g/mol. The second-order valence-electron chi connectivity index (χ2n) is 8.40. The van der Waals surface area contributed by atoms with Gasteiger partial charge in [-0.25, -0.2) is 0 Å². The van der Waals surface area contributed by atoms with Crippen molar-refractivity contribution >= 4 is 28.5 Å². The second kappa shape index (κ2) is 8.05. The number of nitrogens with one attached hydrogen (secondary N) is 2. The number of anilines is 1. The molecule has 4 rings (SSSR count). The maximum atomic E-state index is 12.9. The molecule has 5 atom stereocenters. The number of carbonyl (C=O) groups is 1. The summed E-state index contributed by atoms with van der Waals surface area (Å²) < 4.78 is 0. The Hall–Kier alpha value is -1.57. The van der Waals surface area contributed by atoms with E-state index in [2.05, 4.69) is 21.7 Å². The first-order chi connectivity index (χ1) is 13.4. The van der Waals surface area contributed by atoms with E-state index < -0.39 is 18.2 Å². The Morgan fingerprint density at radius 3 is 2.50 bits per heavy atom. The van der Waals surface area contributed by atoms with E-state index in [0.717, 1.165) is 42.5 Å². The molecule has 4 N–H and O–H groups in total. The van der Waals surface area contributed by atoms with E-state index in [9.17, 15) is 15.0 Å². The third kappa shape index (κ3) is 4.07. The van der Waals surface area contributed by atoms with Crippen LogP contribution in [0.2, 0.25) is 0 Å². The van der Waals surface area contributed by atoms with Crippen molar-refractivity contribution < 1.29 is 15.0 Å². The third-order valence-corrected chi connectivity index (χ3v) is 7.31. The Morgan fingerprint density at radius 1 is 1.14 bits per heavy atom. The van der Waals surface area contributed by atoms with Crippen molar-refractivity contribution in [2.75, 3.05) is 5.32 Å². The first-order valence-corrected chi connectivity index (χ1v) is 11.0. The lowest BCUT2D eigenvalue weighted by molar-refractivity contribution is -0.130. The predicted molar refractivity (Wildman–Crippen MR) is 113 cm³/mol. The molecule has 1 aliphatic heterocycles. The number of thioether (sulfide) groups is 1. The van der Waals surface area contributed by atoms with Crippen molar-refractivity contribution in [1.29, 1.82) is 0 Å². The summed E-state index contributed by atoms with van der Waals surface area (Å²) in [5, 5.41) is 27.8. The van der Waals surface area contributed by atoms with Gasteiger partial charge in [-0.3, -0.25) is 9.79 Å². The van der Waals surface area contributed by atoms with Gasteiger partial charge in [0, 0.05) is 17.0 Å². The number of aryl methyl sites for hydroxylation is 2. The largest absolute Gasteiger partial charge is 0.390 e. The summed E-state index contributed by atoms with van der Waals surface area (Å²) in [4.78, 5) is 17.6. The molecule has 1 aromatic carbocycles. The number of benzene rings is 1. The molecule has 0 saturated heterocycles. The molecule has 7 heteroatoms. The second-order valence-corrected chi connectivity index (χ2v) is 9.57. The molecule has 3 aliphatic rings. The van der Waals surface area contributed by atoms with E-state index in [-0.39, 0.29) is 29.5 Å². The van der Waals surface area contributed by atoms with Crippen LogP contribution in [0, 0.1) is 19.8 Å². The van der Waals surface area contributed by atoms with Gasteiger partial charge in [0.1, 0.15) is 6.10 Å². The lowest BCUT2D eigenvalue weighted by atomic mass is 9.81. The van der Waals surface area contributed by atoms with Crippen molar-refractivity contribution in [3.05, 3.63) is 29.3 Å². The van der Waals surface area contributed by atoms with Crippen LogP contribution in [0.3, 0.4) is 0 Å². The summed E-state index contributed by atoms with van der Waals surface area (Å²) in [5.74, 6) is -0.362. The SMILES string of the molecule is Cc1cc(C)cc(NC2=NC3C(O)C(O)CC(C(=O)NC4CCCC4)C3S2)c1. The number of aliphatic hydroxyl groups excluding tert-OH is 2. The highest BCUT2D eigenvalue weighted by Crippen LogP contribution is 2.41. The summed E-state index contributed by atoms with van der Waals surface area (Å²) in [7, 11) is 0. The van der Waals surface area contributed by atoms with E-state index >= 15 is 0 Å². The van der Waals surface area contributed by atoms with Crippen LogP contribution in [0.1, 0.15) is 43.2 Å². The average Bonchev–Trinajstić information content (AvgIpc) is 3.27. The standard InChI is InChI=1S/C21H29N3O3S/c1-11-7-12(2)9-14(8-11)23-21-24-17-18(26)16(25)10-15(19(17)28-21)20(27)22-13-5-3-4-6-13/h7-9,13,15-19,25-26H,3-6,10H2,1-2H3,(H,22,27)(H,23,24). The van der Waals surface area contributed by atoms with Crippen molar-refractivity contribution in [3.63, 3.8) is 0 Å². The monoisotopic (exact) mass is 403 g/mol. The van der Waals surface area contributed by atoms with E-state index in [1.165, 1.54) is 11.8 Å². The lowest BCUT2D eigenvalue weighted by Gasteiger charge is -2.37. The third-order valence-electron chi connectivity index (χ3n) is 6.00. The van der Waals surface area contributed by atoms with E-state index in [1.54, 1.807) is 0 Å². The van der Waals surface area contributed by atoms with Crippen LogP contribution in [-0.2, 0) is 4.79 Å². The van der Waals surface area contributed by atoms with Gasteiger partial charge in [0.2, 0.25) is 5.91 Å². The summed E-state index contributed by atoms with van der Waals surface area (Å²) in [6.45, 7) is 4.09. The topological polar surface area (TPSA) is 94.0 Å². The highest BCUT2D eigenvalue weighted by Gasteiger charge is 2.50. The molecule has 1 amide bonds. The van der Waals surface area contributed by atoms with E-state index in [1.807, 2.05) is 26.0 Å². The van der Waals surface area contributed by atoms with Crippen LogP contribution in [-0.4, -0.2) is 50.8 Å². The smallest absolute Gasteiger partial charge is 0.224 e. The molecule has 1 aromatic rings.